The number of nitrogens with one attached hydrogen (secondary N) is 1. The molecule has 29 heavy (non-hydrogen) atoms. The van der Waals surface area contributed by atoms with Crippen LogP contribution in [0.3, 0.4) is 0 Å². The van der Waals surface area contributed by atoms with Crippen molar-refractivity contribution < 1.29 is 27.9 Å². The average molecular weight is 410 g/mol. The first-order chi connectivity index (χ1) is 13.6. The molecular weight excluding hydrogens is 389 g/mol. The molecule has 2 aromatic heterocycles. The van der Waals surface area contributed by atoms with Crippen molar-refractivity contribution in [3.63, 3.8) is 0 Å². The average Bonchev–Trinajstić information content (AvgIpc) is 3.29. The van der Waals surface area contributed by atoms with Gasteiger partial charge in [-0.05, 0) is 37.0 Å². The molecule has 3 rings (SSSR count). The third-order valence-electron chi connectivity index (χ3n) is 5.10. The number of carbonyl (C=O) groups is 2. The molecule has 7 nitrogen and oxygen atoms in total. The molecule has 0 saturated heterocycles. The Bertz CT molecular complexity index is 887. The molecule has 1 aliphatic carbocycles. The first-order valence-corrected chi connectivity index (χ1v) is 9.28. The third-order valence-corrected chi connectivity index (χ3v) is 5.10. The maximum Gasteiger partial charge on any atom is 0.435 e. The Morgan fingerprint density at radius 1 is 1.31 bits per heavy atom. The number of hydrogen-bond donors (Lipinski definition) is 2. The van der Waals surface area contributed by atoms with Crippen LogP contribution in [0.1, 0.15) is 59.8 Å². The molecule has 0 aromatic carbocycles. The zero-order chi connectivity index (χ0) is 21.2. The number of hydrogen-bond acceptors (Lipinski definition) is 4. The van der Waals surface area contributed by atoms with Crippen LogP contribution in [0.15, 0.2) is 24.5 Å². The second-order valence-corrected chi connectivity index (χ2v) is 7.27. The fraction of sp³-hybridized carbons (Fsp3) is 0.474. The summed E-state index contributed by atoms with van der Waals surface area (Å²) in [5.41, 5.74) is -1.10. The molecule has 2 N–H and O–H groups in total. The quantitative estimate of drug-likeness (QED) is 0.748. The molecule has 1 amide bonds. The zero-order valence-corrected chi connectivity index (χ0v) is 15.7. The van der Waals surface area contributed by atoms with Crippen LogP contribution >= 0.6 is 0 Å². The summed E-state index contributed by atoms with van der Waals surface area (Å²) in [6.07, 6.45) is 2.01. The Morgan fingerprint density at radius 3 is 2.52 bits per heavy atom. The summed E-state index contributed by atoms with van der Waals surface area (Å²) in [5, 5.41) is 15.1. The largest absolute Gasteiger partial charge is 0.478 e. The predicted molar refractivity (Wildman–Crippen MR) is 97.4 cm³/mol. The van der Waals surface area contributed by atoms with E-state index in [9.17, 15) is 22.8 Å². The van der Waals surface area contributed by atoms with Gasteiger partial charge in [-0.1, -0.05) is 25.7 Å². The fourth-order valence-corrected chi connectivity index (χ4v) is 3.62. The first-order valence-electron chi connectivity index (χ1n) is 9.28. The van der Waals surface area contributed by atoms with Crippen LogP contribution in [0.25, 0.3) is 0 Å². The van der Waals surface area contributed by atoms with Crippen molar-refractivity contribution in [2.45, 2.75) is 51.2 Å². The van der Waals surface area contributed by atoms with Crippen molar-refractivity contribution in [1.82, 2.24) is 14.8 Å². The van der Waals surface area contributed by atoms with E-state index < -0.39 is 29.8 Å². The number of amides is 1. The molecule has 1 unspecified atom stereocenters. The van der Waals surface area contributed by atoms with Crippen molar-refractivity contribution in [2.75, 3.05) is 5.32 Å². The molecule has 10 heteroatoms. The standard InChI is InChI=1S/C19H21F3N4O3/c1-11-10-26(25-16(11)19(20,21)22)14(8-12-4-2-3-5-12)17(27)24-15-7-6-13(9-23-15)18(28)29/h6-7,9-10,12,14H,2-5,8H2,1H3,(H,28,29)(H,23,24,27). The van der Waals surface area contributed by atoms with Gasteiger partial charge in [-0.3, -0.25) is 9.48 Å². The Balaban J connectivity index is 1.84. The number of alkyl halides is 3. The lowest BCUT2D eigenvalue weighted by atomic mass is 9.98. The van der Waals surface area contributed by atoms with E-state index in [-0.39, 0.29) is 22.9 Å². The topological polar surface area (TPSA) is 97.1 Å². The molecule has 1 atom stereocenters. The normalized spacial score (nSPS) is 16.0. The lowest BCUT2D eigenvalue weighted by Gasteiger charge is -2.20. The number of carbonyl (C=O) groups excluding carboxylic acids is 1. The second-order valence-electron chi connectivity index (χ2n) is 7.27. The number of carboxylic acids is 1. The van der Waals surface area contributed by atoms with Crippen LogP contribution in [0.5, 0.6) is 0 Å². The molecule has 2 aromatic rings. The number of nitrogens with zero attached hydrogens (tertiary/aromatic N) is 3. The molecule has 1 saturated carbocycles. The molecular formula is C19H21F3N4O3. The zero-order valence-electron chi connectivity index (χ0n) is 15.7. The van der Waals surface area contributed by atoms with Gasteiger partial charge in [-0.2, -0.15) is 18.3 Å². The third kappa shape index (κ3) is 4.93. The molecule has 1 fully saturated rings. The number of aromatic carboxylic acids is 1. The van der Waals surface area contributed by atoms with Crippen molar-refractivity contribution in [3.05, 3.63) is 41.3 Å². The van der Waals surface area contributed by atoms with E-state index in [0.717, 1.165) is 36.6 Å². The summed E-state index contributed by atoms with van der Waals surface area (Å²) >= 11 is 0. The summed E-state index contributed by atoms with van der Waals surface area (Å²) in [4.78, 5) is 27.7. The van der Waals surface area contributed by atoms with E-state index in [2.05, 4.69) is 15.4 Å². The number of aromatic nitrogens is 3. The minimum Gasteiger partial charge on any atom is -0.478 e. The van der Waals surface area contributed by atoms with Gasteiger partial charge in [0.05, 0.1) is 5.56 Å². The van der Waals surface area contributed by atoms with Gasteiger partial charge in [0.1, 0.15) is 11.9 Å². The first kappa shape index (κ1) is 20.8. The molecule has 0 aliphatic heterocycles. The maximum absolute atomic E-state index is 13.1. The van der Waals surface area contributed by atoms with Crippen LogP contribution < -0.4 is 5.32 Å². The number of halogens is 3. The van der Waals surface area contributed by atoms with Gasteiger partial charge >= 0.3 is 12.1 Å². The number of pyridine rings is 1. The van der Waals surface area contributed by atoms with Crippen LogP contribution in [0, 0.1) is 12.8 Å². The van der Waals surface area contributed by atoms with Crippen LogP contribution in [-0.4, -0.2) is 31.7 Å². The van der Waals surface area contributed by atoms with E-state index >= 15 is 0 Å². The van der Waals surface area contributed by atoms with E-state index in [1.807, 2.05) is 0 Å². The number of aryl methyl sites for hydroxylation is 1. The Labute approximate surface area is 164 Å². The van der Waals surface area contributed by atoms with Crippen molar-refractivity contribution in [3.8, 4) is 0 Å². The molecule has 0 radical (unpaired) electrons. The highest BCUT2D eigenvalue weighted by Gasteiger charge is 2.37. The Hall–Kier alpha value is -2.91. The molecule has 0 spiro atoms. The fourth-order valence-electron chi connectivity index (χ4n) is 3.62. The van der Waals surface area contributed by atoms with Gasteiger partial charge in [0, 0.05) is 12.4 Å². The predicted octanol–water partition coefficient (Wildman–Crippen LogP) is 4.06. The molecule has 0 bridgehead atoms. The monoisotopic (exact) mass is 410 g/mol. The minimum absolute atomic E-state index is 0.0389. The van der Waals surface area contributed by atoms with Crippen molar-refractivity contribution in [1.29, 1.82) is 0 Å². The SMILES string of the molecule is Cc1cn(C(CC2CCCC2)C(=O)Nc2ccc(C(=O)O)cn2)nc1C(F)(F)F. The number of rotatable bonds is 6. The van der Waals surface area contributed by atoms with Gasteiger partial charge in [0.15, 0.2) is 5.69 Å². The van der Waals surface area contributed by atoms with Gasteiger partial charge < -0.3 is 10.4 Å². The van der Waals surface area contributed by atoms with Crippen molar-refractivity contribution in [2.24, 2.45) is 5.92 Å². The van der Waals surface area contributed by atoms with Gasteiger partial charge in [-0.25, -0.2) is 9.78 Å². The highest BCUT2D eigenvalue weighted by Crippen LogP contribution is 2.35. The van der Waals surface area contributed by atoms with E-state index in [0.29, 0.717) is 6.42 Å². The van der Waals surface area contributed by atoms with Gasteiger partial charge in [0.2, 0.25) is 5.91 Å². The van der Waals surface area contributed by atoms with E-state index in [1.165, 1.54) is 25.3 Å². The molecule has 156 valence electrons. The van der Waals surface area contributed by atoms with E-state index in [1.54, 1.807) is 0 Å². The van der Waals surface area contributed by atoms with Crippen LogP contribution in [-0.2, 0) is 11.0 Å². The summed E-state index contributed by atoms with van der Waals surface area (Å²) in [5.74, 6) is -1.34. The smallest absolute Gasteiger partial charge is 0.435 e. The highest BCUT2D eigenvalue weighted by atomic mass is 19.4. The maximum atomic E-state index is 13.1. The number of carboxylic acid groups (broad SMARTS) is 1. The van der Waals surface area contributed by atoms with Gasteiger partial charge in [0.25, 0.3) is 0 Å². The second kappa shape index (κ2) is 8.22. The minimum atomic E-state index is -4.60. The van der Waals surface area contributed by atoms with E-state index in [4.69, 9.17) is 5.11 Å². The summed E-state index contributed by atoms with van der Waals surface area (Å²) in [7, 11) is 0. The Kier molecular flexibility index (Phi) is 5.90. The number of anilines is 1. The lowest BCUT2D eigenvalue weighted by Crippen LogP contribution is -2.29. The summed E-state index contributed by atoms with van der Waals surface area (Å²) in [6, 6.07) is 1.70. The molecule has 2 heterocycles. The summed E-state index contributed by atoms with van der Waals surface area (Å²) in [6.45, 7) is 1.31. The Morgan fingerprint density at radius 2 is 2.00 bits per heavy atom. The highest BCUT2D eigenvalue weighted by molar-refractivity contribution is 5.93. The lowest BCUT2D eigenvalue weighted by molar-refractivity contribution is -0.142. The molecule has 1 aliphatic rings. The summed E-state index contributed by atoms with van der Waals surface area (Å²) < 4.78 is 40.5. The van der Waals surface area contributed by atoms with Gasteiger partial charge in [-0.15, -0.1) is 0 Å². The van der Waals surface area contributed by atoms with Crippen LogP contribution in [0.4, 0.5) is 19.0 Å². The van der Waals surface area contributed by atoms with Crippen LogP contribution in [0.2, 0.25) is 0 Å². The van der Waals surface area contributed by atoms with Crippen molar-refractivity contribution >= 4 is 17.7 Å².